The number of aromatic nitrogens is 2. The molecule has 0 unspecified atom stereocenters. The molecular weight excluding hydrogens is 439 g/mol. The maximum atomic E-state index is 13.2. The maximum absolute atomic E-state index is 13.2. The van der Waals surface area contributed by atoms with Crippen LogP contribution in [-0.4, -0.2) is 21.2 Å². The van der Waals surface area contributed by atoms with Gasteiger partial charge in [0.15, 0.2) is 11.5 Å². The Morgan fingerprint density at radius 1 is 1.24 bits per heavy atom. The Labute approximate surface area is 185 Å². The summed E-state index contributed by atoms with van der Waals surface area (Å²) in [6, 6.07) is 6.59. The van der Waals surface area contributed by atoms with E-state index in [1.54, 1.807) is 23.6 Å². The molecule has 33 heavy (non-hydrogen) atoms. The number of furan rings is 2. The van der Waals surface area contributed by atoms with Crippen molar-refractivity contribution < 1.29 is 31.6 Å². The highest BCUT2D eigenvalue weighted by atomic mass is 19.4. The SMILES string of the molecule is Cc1c(C(=O)Nc2nc3cc(C(F)(F)F)ccc3n2Cc2ccco2)oc2c1C(=O)CCC2. The first kappa shape index (κ1) is 21.0. The van der Waals surface area contributed by atoms with Gasteiger partial charge >= 0.3 is 6.18 Å². The van der Waals surface area contributed by atoms with E-state index in [-0.39, 0.29) is 29.6 Å². The van der Waals surface area contributed by atoms with Gasteiger partial charge in [0.1, 0.15) is 11.5 Å². The minimum Gasteiger partial charge on any atom is -0.467 e. The van der Waals surface area contributed by atoms with Gasteiger partial charge in [-0.15, -0.1) is 0 Å². The zero-order valence-corrected chi connectivity index (χ0v) is 17.5. The van der Waals surface area contributed by atoms with Crippen LogP contribution < -0.4 is 5.32 Å². The molecule has 5 rings (SSSR count). The van der Waals surface area contributed by atoms with Crippen LogP contribution in [0.25, 0.3) is 11.0 Å². The molecule has 1 amide bonds. The number of amides is 1. The monoisotopic (exact) mass is 457 g/mol. The molecule has 0 radical (unpaired) electrons. The number of halogens is 3. The fourth-order valence-electron chi connectivity index (χ4n) is 4.14. The predicted molar refractivity (Wildman–Crippen MR) is 111 cm³/mol. The van der Waals surface area contributed by atoms with Crippen LogP contribution in [0.1, 0.15) is 56.4 Å². The Morgan fingerprint density at radius 2 is 2.06 bits per heavy atom. The van der Waals surface area contributed by atoms with Gasteiger partial charge < -0.3 is 13.4 Å². The van der Waals surface area contributed by atoms with Gasteiger partial charge in [0, 0.05) is 18.4 Å². The zero-order chi connectivity index (χ0) is 23.3. The number of nitrogens with one attached hydrogen (secondary N) is 1. The van der Waals surface area contributed by atoms with Gasteiger partial charge in [-0.3, -0.25) is 14.9 Å². The van der Waals surface area contributed by atoms with E-state index in [0.29, 0.717) is 47.4 Å². The van der Waals surface area contributed by atoms with Crippen LogP contribution >= 0.6 is 0 Å². The molecule has 170 valence electrons. The van der Waals surface area contributed by atoms with Gasteiger partial charge in [-0.2, -0.15) is 13.2 Å². The van der Waals surface area contributed by atoms with Crippen LogP contribution in [0, 0.1) is 6.92 Å². The molecule has 0 spiro atoms. The van der Waals surface area contributed by atoms with Gasteiger partial charge in [0.25, 0.3) is 5.91 Å². The molecule has 1 aromatic carbocycles. The molecular formula is C23H18F3N3O4. The summed E-state index contributed by atoms with van der Waals surface area (Å²) in [4.78, 5) is 29.5. The largest absolute Gasteiger partial charge is 0.467 e. The van der Waals surface area contributed by atoms with E-state index in [1.165, 1.54) is 12.3 Å². The average molecular weight is 457 g/mol. The van der Waals surface area contributed by atoms with E-state index < -0.39 is 17.6 Å². The Kier molecular flexibility index (Phi) is 4.88. The summed E-state index contributed by atoms with van der Waals surface area (Å²) in [5.41, 5.74) is 0.492. The number of fused-ring (bicyclic) bond motifs is 2. The number of nitrogens with zero attached hydrogens (tertiary/aromatic N) is 2. The summed E-state index contributed by atoms with van der Waals surface area (Å²) in [5, 5.41) is 2.64. The average Bonchev–Trinajstić information content (AvgIpc) is 3.47. The number of alkyl halides is 3. The number of rotatable bonds is 4. The molecule has 7 nitrogen and oxygen atoms in total. The number of carbonyl (C=O) groups is 2. The Hall–Kier alpha value is -3.82. The van der Waals surface area contributed by atoms with Gasteiger partial charge in [-0.1, -0.05) is 0 Å². The van der Waals surface area contributed by atoms with E-state index >= 15 is 0 Å². The third-order valence-corrected chi connectivity index (χ3v) is 5.71. The van der Waals surface area contributed by atoms with Crippen molar-refractivity contribution in [3.05, 3.63) is 70.6 Å². The third kappa shape index (κ3) is 3.71. The lowest BCUT2D eigenvalue weighted by molar-refractivity contribution is -0.137. The number of hydrogen-bond acceptors (Lipinski definition) is 5. The van der Waals surface area contributed by atoms with Crippen LogP contribution in [0.2, 0.25) is 0 Å². The van der Waals surface area contributed by atoms with E-state index in [0.717, 1.165) is 12.1 Å². The predicted octanol–water partition coefficient (Wildman–Crippen LogP) is 5.37. The van der Waals surface area contributed by atoms with Crippen molar-refractivity contribution >= 4 is 28.7 Å². The molecule has 0 fully saturated rings. The number of anilines is 1. The fourth-order valence-corrected chi connectivity index (χ4v) is 4.14. The molecule has 4 aromatic rings. The van der Waals surface area contributed by atoms with Crippen molar-refractivity contribution in [3.8, 4) is 0 Å². The van der Waals surface area contributed by atoms with Crippen LogP contribution in [0.15, 0.2) is 45.4 Å². The summed E-state index contributed by atoms with van der Waals surface area (Å²) >= 11 is 0. The van der Waals surface area contributed by atoms with Crippen molar-refractivity contribution in [2.45, 2.75) is 38.9 Å². The van der Waals surface area contributed by atoms with Crippen LogP contribution in [0.3, 0.4) is 0 Å². The fraction of sp³-hybridized carbons (Fsp3) is 0.261. The second-order valence-corrected chi connectivity index (χ2v) is 7.89. The van der Waals surface area contributed by atoms with Crippen molar-refractivity contribution in [2.24, 2.45) is 0 Å². The first-order chi connectivity index (χ1) is 15.7. The molecule has 1 aliphatic rings. The number of benzene rings is 1. The molecule has 1 aliphatic carbocycles. The molecule has 1 N–H and O–H groups in total. The summed E-state index contributed by atoms with van der Waals surface area (Å²) in [6.07, 6.45) is -1.44. The Bertz CT molecular complexity index is 1380. The zero-order valence-electron chi connectivity index (χ0n) is 17.5. The molecule has 3 heterocycles. The minimum atomic E-state index is -4.53. The van der Waals surface area contributed by atoms with E-state index in [4.69, 9.17) is 8.83 Å². The quantitative estimate of drug-likeness (QED) is 0.445. The number of hydrogen-bond donors (Lipinski definition) is 1. The van der Waals surface area contributed by atoms with Gasteiger partial charge in [-0.05, 0) is 43.7 Å². The normalized spacial score (nSPS) is 14.0. The van der Waals surface area contributed by atoms with Crippen LogP contribution in [-0.2, 0) is 19.1 Å². The van der Waals surface area contributed by atoms with Gasteiger partial charge in [0.05, 0.1) is 35.0 Å². The first-order valence-electron chi connectivity index (χ1n) is 10.3. The molecule has 0 atom stereocenters. The number of aryl methyl sites for hydroxylation is 1. The Morgan fingerprint density at radius 3 is 2.76 bits per heavy atom. The first-order valence-corrected chi connectivity index (χ1v) is 10.3. The highest BCUT2D eigenvalue weighted by Crippen LogP contribution is 2.33. The number of carbonyl (C=O) groups excluding carboxylic acids is 2. The number of Topliss-reactive ketones (excluding diaryl/α,β-unsaturated/α-hetero) is 1. The van der Waals surface area contributed by atoms with E-state index in [2.05, 4.69) is 10.3 Å². The smallest absolute Gasteiger partial charge is 0.416 e. The van der Waals surface area contributed by atoms with Crippen molar-refractivity contribution in [2.75, 3.05) is 5.32 Å². The Balaban J connectivity index is 1.55. The molecule has 10 heteroatoms. The molecule has 0 aliphatic heterocycles. The molecule has 0 saturated heterocycles. The maximum Gasteiger partial charge on any atom is 0.416 e. The summed E-state index contributed by atoms with van der Waals surface area (Å²) in [5.74, 6) is 0.324. The second-order valence-electron chi connectivity index (χ2n) is 7.89. The lowest BCUT2D eigenvalue weighted by atomic mass is 9.94. The lowest BCUT2D eigenvalue weighted by Crippen LogP contribution is -2.17. The number of imidazole rings is 1. The summed E-state index contributed by atoms with van der Waals surface area (Å²) in [7, 11) is 0. The summed E-state index contributed by atoms with van der Waals surface area (Å²) in [6.45, 7) is 1.78. The minimum absolute atomic E-state index is 0.0113. The van der Waals surface area contributed by atoms with Gasteiger partial charge in [0.2, 0.25) is 5.95 Å². The van der Waals surface area contributed by atoms with E-state index in [1.807, 2.05) is 0 Å². The lowest BCUT2D eigenvalue weighted by Gasteiger charge is -2.09. The third-order valence-electron chi connectivity index (χ3n) is 5.71. The van der Waals surface area contributed by atoms with Crippen LogP contribution in [0.5, 0.6) is 0 Å². The highest BCUT2D eigenvalue weighted by molar-refractivity contribution is 6.07. The number of ketones is 1. The molecule has 0 saturated carbocycles. The van der Waals surface area contributed by atoms with Crippen molar-refractivity contribution in [3.63, 3.8) is 0 Å². The van der Waals surface area contributed by atoms with Gasteiger partial charge in [-0.25, -0.2) is 4.98 Å². The van der Waals surface area contributed by atoms with Crippen molar-refractivity contribution in [1.82, 2.24) is 9.55 Å². The van der Waals surface area contributed by atoms with Crippen molar-refractivity contribution in [1.29, 1.82) is 0 Å². The van der Waals surface area contributed by atoms with E-state index in [9.17, 15) is 22.8 Å². The molecule has 0 bridgehead atoms. The second kappa shape index (κ2) is 7.65. The highest BCUT2D eigenvalue weighted by Gasteiger charge is 2.32. The summed E-state index contributed by atoms with van der Waals surface area (Å²) < 4.78 is 52.2. The van der Waals surface area contributed by atoms with Crippen LogP contribution in [0.4, 0.5) is 19.1 Å². The standard InChI is InChI=1S/C23H18F3N3O4/c1-12-19-17(30)5-2-6-18(19)33-20(12)21(31)28-22-27-15-10-13(23(24,25)26)7-8-16(15)29(22)11-14-4-3-9-32-14/h3-4,7-10H,2,5-6,11H2,1H3,(H,27,28,31). The topological polar surface area (TPSA) is 90.3 Å². The molecule has 3 aromatic heterocycles.